The molecule has 2 aromatic carbocycles. The standard InChI is InChI=1S/C26H23ClFN3O2S/c1-30-13-11-17(12-14-30)29-25-23(24(33)16-7-9-21(28)20(27)15-16)19-8-10-22(32)31(26(19)34-25)18-5-3-2-4-6-18/h2-10,15,17,29H,11-14H2,1H3. The third-order valence-corrected chi connectivity index (χ3v) is 7.63. The Morgan fingerprint density at radius 1 is 1.09 bits per heavy atom. The Balaban J connectivity index is 1.68. The number of halogens is 2. The minimum Gasteiger partial charge on any atom is -0.373 e. The van der Waals surface area contributed by atoms with Gasteiger partial charge in [-0.2, -0.15) is 0 Å². The molecule has 0 aliphatic carbocycles. The van der Waals surface area contributed by atoms with Crippen molar-refractivity contribution >= 4 is 43.9 Å². The Labute approximate surface area is 205 Å². The van der Waals surface area contributed by atoms with E-state index >= 15 is 0 Å². The Hall–Kier alpha value is -3.00. The Bertz CT molecular complexity index is 1430. The quantitative estimate of drug-likeness (QED) is 0.367. The molecule has 4 aromatic rings. The average Bonchev–Trinajstić information content (AvgIpc) is 3.20. The first kappa shape index (κ1) is 22.8. The van der Waals surface area contributed by atoms with Crippen molar-refractivity contribution < 1.29 is 9.18 Å². The molecule has 0 spiro atoms. The predicted molar refractivity (Wildman–Crippen MR) is 136 cm³/mol. The number of benzene rings is 2. The van der Waals surface area contributed by atoms with Crippen molar-refractivity contribution in [1.29, 1.82) is 0 Å². The Kier molecular flexibility index (Phi) is 6.25. The second kappa shape index (κ2) is 9.33. The molecule has 5 rings (SSSR count). The van der Waals surface area contributed by atoms with Gasteiger partial charge in [-0.25, -0.2) is 4.39 Å². The highest BCUT2D eigenvalue weighted by Crippen LogP contribution is 2.39. The van der Waals surface area contributed by atoms with Crippen molar-refractivity contribution in [1.82, 2.24) is 9.47 Å². The van der Waals surface area contributed by atoms with Crippen LogP contribution in [0, 0.1) is 5.82 Å². The van der Waals surface area contributed by atoms with E-state index in [1.807, 2.05) is 30.3 Å². The molecule has 0 radical (unpaired) electrons. The molecule has 8 heteroatoms. The van der Waals surface area contributed by atoms with Crippen molar-refractivity contribution in [3.05, 3.63) is 93.0 Å². The number of nitrogens with one attached hydrogen (secondary N) is 1. The second-order valence-electron chi connectivity index (χ2n) is 8.55. The number of piperidine rings is 1. The lowest BCUT2D eigenvalue weighted by molar-refractivity contribution is 0.104. The number of aromatic nitrogens is 1. The topological polar surface area (TPSA) is 54.3 Å². The average molecular weight is 496 g/mol. The lowest BCUT2D eigenvalue weighted by Crippen LogP contribution is -2.36. The second-order valence-corrected chi connectivity index (χ2v) is 9.95. The Morgan fingerprint density at radius 2 is 1.82 bits per heavy atom. The highest BCUT2D eigenvalue weighted by atomic mass is 35.5. The maximum atomic E-state index is 13.8. The number of fused-ring (bicyclic) bond motifs is 1. The van der Waals surface area contributed by atoms with E-state index in [1.165, 1.54) is 35.6 Å². The summed E-state index contributed by atoms with van der Waals surface area (Å²) >= 11 is 7.38. The van der Waals surface area contributed by atoms with Crippen molar-refractivity contribution in [2.75, 3.05) is 25.5 Å². The number of para-hydroxylation sites is 1. The van der Waals surface area contributed by atoms with E-state index in [9.17, 15) is 14.0 Å². The number of rotatable bonds is 5. The van der Waals surface area contributed by atoms with Crippen LogP contribution in [0.1, 0.15) is 28.8 Å². The van der Waals surface area contributed by atoms with E-state index in [4.69, 9.17) is 11.6 Å². The van der Waals surface area contributed by atoms with Gasteiger partial charge in [-0.3, -0.25) is 14.2 Å². The van der Waals surface area contributed by atoms with Crippen molar-refractivity contribution in [3.63, 3.8) is 0 Å². The van der Waals surface area contributed by atoms with Gasteiger partial charge in [0.1, 0.15) is 15.6 Å². The van der Waals surface area contributed by atoms with Gasteiger partial charge in [0.15, 0.2) is 5.78 Å². The SMILES string of the molecule is CN1CCC(Nc2sc3c(ccc(=O)n3-c3ccccc3)c2C(=O)c2ccc(F)c(Cl)c2)CC1. The summed E-state index contributed by atoms with van der Waals surface area (Å²) in [6.07, 6.45) is 1.90. The van der Waals surface area contributed by atoms with Crippen LogP contribution in [0.4, 0.5) is 9.39 Å². The molecule has 1 N–H and O–H groups in total. The molecule has 0 atom stereocenters. The highest BCUT2D eigenvalue weighted by Gasteiger charge is 2.26. The number of carbonyl (C=O) groups is 1. The molecule has 1 fully saturated rings. The van der Waals surface area contributed by atoms with Crippen LogP contribution in [-0.2, 0) is 0 Å². The van der Waals surface area contributed by atoms with E-state index in [-0.39, 0.29) is 22.4 Å². The summed E-state index contributed by atoms with van der Waals surface area (Å²) in [4.78, 5) is 29.6. The van der Waals surface area contributed by atoms with Crippen LogP contribution in [0.5, 0.6) is 0 Å². The van der Waals surface area contributed by atoms with Gasteiger partial charge in [-0.05, 0) is 69.4 Å². The van der Waals surface area contributed by atoms with Gasteiger partial charge in [-0.1, -0.05) is 41.1 Å². The molecule has 174 valence electrons. The molecule has 0 unspecified atom stereocenters. The van der Waals surface area contributed by atoms with Gasteiger partial charge in [0, 0.05) is 23.1 Å². The number of anilines is 1. The van der Waals surface area contributed by atoms with Gasteiger partial charge in [0.25, 0.3) is 5.56 Å². The molecule has 5 nitrogen and oxygen atoms in total. The smallest absolute Gasteiger partial charge is 0.256 e. The summed E-state index contributed by atoms with van der Waals surface area (Å²) in [6, 6.07) is 16.8. The van der Waals surface area contributed by atoms with Gasteiger partial charge in [0.05, 0.1) is 16.3 Å². The van der Waals surface area contributed by atoms with Crippen molar-refractivity contribution in [2.45, 2.75) is 18.9 Å². The number of thiophene rings is 1. The molecular formula is C26H23ClFN3O2S. The van der Waals surface area contributed by atoms with Crippen molar-refractivity contribution in [3.8, 4) is 5.69 Å². The van der Waals surface area contributed by atoms with Crippen LogP contribution >= 0.6 is 22.9 Å². The van der Waals surface area contributed by atoms with Gasteiger partial charge in [-0.15, -0.1) is 0 Å². The number of hydrogen-bond donors (Lipinski definition) is 1. The van der Waals surface area contributed by atoms with E-state index in [1.54, 1.807) is 10.6 Å². The van der Waals surface area contributed by atoms with E-state index in [0.29, 0.717) is 26.3 Å². The first-order valence-corrected chi connectivity index (χ1v) is 12.3. The van der Waals surface area contributed by atoms with Crippen LogP contribution in [-0.4, -0.2) is 41.4 Å². The Morgan fingerprint density at radius 3 is 2.53 bits per heavy atom. The number of carbonyl (C=O) groups excluding carboxylic acids is 1. The first-order valence-electron chi connectivity index (χ1n) is 11.1. The zero-order valence-electron chi connectivity index (χ0n) is 18.6. The van der Waals surface area contributed by atoms with Crippen LogP contribution < -0.4 is 10.9 Å². The molecule has 0 amide bonds. The number of hydrogen-bond acceptors (Lipinski definition) is 5. The van der Waals surface area contributed by atoms with Gasteiger partial charge >= 0.3 is 0 Å². The molecule has 34 heavy (non-hydrogen) atoms. The van der Waals surface area contributed by atoms with Crippen molar-refractivity contribution in [2.24, 2.45) is 0 Å². The van der Waals surface area contributed by atoms with Gasteiger partial charge < -0.3 is 10.2 Å². The first-order chi connectivity index (χ1) is 16.4. The lowest BCUT2D eigenvalue weighted by Gasteiger charge is -2.30. The molecule has 0 bridgehead atoms. The van der Waals surface area contributed by atoms with Crippen LogP contribution in [0.3, 0.4) is 0 Å². The number of likely N-dealkylation sites (tertiary alicyclic amines) is 1. The molecule has 1 aliphatic heterocycles. The summed E-state index contributed by atoms with van der Waals surface area (Å²) in [5.74, 6) is -0.835. The molecule has 1 aliphatic rings. The summed E-state index contributed by atoms with van der Waals surface area (Å²) in [7, 11) is 2.10. The fourth-order valence-corrected chi connectivity index (χ4v) is 5.82. The molecular weight excluding hydrogens is 473 g/mol. The monoisotopic (exact) mass is 495 g/mol. The summed E-state index contributed by atoms with van der Waals surface area (Å²) in [5.41, 5.74) is 1.34. The van der Waals surface area contributed by atoms with E-state index in [2.05, 4.69) is 17.3 Å². The number of ketones is 1. The minimum absolute atomic E-state index is 0.101. The maximum Gasteiger partial charge on any atom is 0.256 e. The number of pyridine rings is 1. The summed E-state index contributed by atoms with van der Waals surface area (Å²) in [6.45, 7) is 1.93. The fraction of sp³-hybridized carbons (Fsp3) is 0.231. The third kappa shape index (κ3) is 4.27. The van der Waals surface area contributed by atoms with Crippen LogP contribution in [0.2, 0.25) is 5.02 Å². The van der Waals surface area contributed by atoms with E-state index in [0.717, 1.165) is 31.6 Å². The molecule has 2 aromatic heterocycles. The molecule has 0 saturated carbocycles. The summed E-state index contributed by atoms with van der Waals surface area (Å²) < 4.78 is 15.4. The third-order valence-electron chi connectivity index (χ3n) is 6.22. The molecule has 1 saturated heterocycles. The fourth-order valence-electron chi connectivity index (χ4n) is 4.35. The van der Waals surface area contributed by atoms with Crippen LogP contribution in [0.25, 0.3) is 15.9 Å². The largest absolute Gasteiger partial charge is 0.373 e. The van der Waals surface area contributed by atoms with Crippen LogP contribution in [0.15, 0.2) is 65.5 Å². The maximum absolute atomic E-state index is 13.8. The van der Waals surface area contributed by atoms with Gasteiger partial charge in [0.2, 0.25) is 0 Å². The predicted octanol–water partition coefficient (Wildman–Crippen LogP) is 5.58. The highest BCUT2D eigenvalue weighted by molar-refractivity contribution is 7.23. The minimum atomic E-state index is -0.573. The number of nitrogens with zero attached hydrogens (tertiary/aromatic N) is 2. The normalized spacial score (nSPS) is 15.0. The summed E-state index contributed by atoms with van der Waals surface area (Å²) in [5, 5.41) is 4.87. The zero-order valence-corrected chi connectivity index (χ0v) is 20.1. The lowest BCUT2D eigenvalue weighted by atomic mass is 10.0. The zero-order chi connectivity index (χ0) is 23.8. The van der Waals surface area contributed by atoms with E-state index < -0.39 is 5.82 Å². The molecule has 3 heterocycles.